The van der Waals surface area contributed by atoms with Crippen LogP contribution in [0.15, 0.2) is 0 Å². The lowest BCUT2D eigenvalue weighted by molar-refractivity contribution is 0.122. The zero-order chi connectivity index (χ0) is 12.5. The van der Waals surface area contributed by atoms with Crippen LogP contribution in [0.1, 0.15) is 39.5 Å². The van der Waals surface area contributed by atoms with Crippen molar-refractivity contribution in [3.8, 4) is 0 Å². The van der Waals surface area contributed by atoms with E-state index >= 15 is 0 Å². The quantitative estimate of drug-likeness (QED) is 0.705. The second-order valence-electron chi connectivity index (χ2n) is 5.47. The van der Waals surface area contributed by atoms with Gasteiger partial charge in [0, 0.05) is 32.8 Å². The van der Waals surface area contributed by atoms with Gasteiger partial charge in [-0.2, -0.15) is 0 Å². The Kier molecular flexibility index (Phi) is 7.82. The first-order chi connectivity index (χ1) is 8.26. The van der Waals surface area contributed by atoms with Gasteiger partial charge in [0.15, 0.2) is 0 Å². The van der Waals surface area contributed by atoms with Crippen molar-refractivity contribution < 1.29 is 4.74 Å². The Morgan fingerprint density at radius 2 is 2.24 bits per heavy atom. The van der Waals surface area contributed by atoms with Gasteiger partial charge >= 0.3 is 0 Å². The van der Waals surface area contributed by atoms with Gasteiger partial charge in [0.25, 0.3) is 0 Å². The van der Waals surface area contributed by atoms with Gasteiger partial charge in [0.05, 0.1) is 0 Å². The largest absolute Gasteiger partial charge is 0.384 e. The van der Waals surface area contributed by atoms with Crippen LogP contribution >= 0.6 is 0 Å². The van der Waals surface area contributed by atoms with Crippen LogP contribution in [0.5, 0.6) is 0 Å². The van der Waals surface area contributed by atoms with E-state index in [9.17, 15) is 0 Å². The molecule has 1 aliphatic rings. The van der Waals surface area contributed by atoms with Gasteiger partial charge in [-0.3, -0.25) is 0 Å². The first-order valence-corrected chi connectivity index (χ1v) is 7.21. The molecule has 1 rings (SSSR count). The van der Waals surface area contributed by atoms with Crippen LogP contribution in [-0.2, 0) is 4.74 Å². The van der Waals surface area contributed by atoms with E-state index < -0.39 is 0 Å². The molecule has 102 valence electrons. The lowest BCUT2D eigenvalue weighted by Gasteiger charge is -2.31. The molecule has 0 aromatic heterocycles. The minimum atomic E-state index is 0.634. The predicted molar refractivity (Wildman–Crippen MR) is 73.4 cm³/mol. The van der Waals surface area contributed by atoms with Gasteiger partial charge in [-0.05, 0) is 38.3 Å². The monoisotopic (exact) mass is 242 g/mol. The Labute approximate surface area is 107 Å². The van der Waals surface area contributed by atoms with Crippen LogP contribution in [0, 0.1) is 5.92 Å². The summed E-state index contributed by atoms with van der Waals surface area (Å²) in [6, 6.07) is 0.713. The smallest absolute Gasteiger partial charge is 0.0500 e. The van der Waals surface area contributed by atoms with Crippen molar-refractivity contribution >= 4 is 0 Å². The van der Waals surface area contributed by atoms with Crippen molar-refractivity contribution in [3.63, 3.8) is 0 Å². The van der Waals surface area contributed by atoms with Crippen molar-refractivity contribution in [2.24, 2.45) is 5.92 Å². The summed E-state index contributed by atoms with van der Waals surface area (Å²) in [6.45, 7) is 10.2. The second kappa shape index (κ2) is 8.90. The summed E-state index contributed by atoms with van der Waals surface area (Å²) in [5, 5.41) is 3.64. The molecule has 0 aromatic rings. The van der Waals surface area contributed by atoms with Crippen molar-refractivity contribution in [1.29, 1.82) is 0 Å². The molecule has 2 atom stereocenters. The lowest BCUT2D eigenvalue weighted by atomic mass is 10.0. The molecule has 1 saturated heterocycles. The van der Waals surface area contributed by atoms with Crippen LogP contribution < -0.4 is 5.32 Å². The maximum atomic E-state index is 5.23. The second-order valence-corrected chi connectivity index (χ2v) is 5.47. The van der Waals surface area contributed by atoms with Crippen molar-refractivity contribution in [2.45, 2.75) is 45.6 Å². The minimum Gasteiger partial charge on any atom is -0.384 e. The van der Waals surface area contributed by atoms with E-state index in [1.165, 1.54) is 51.9 Å². The summed E-state index contributed by atoms with van der Waals surface area (Å²) in [6.07, 6.45) is 5.33. The fraction of sp³-hybridized carbons (Fsp3) is 1.00. The molecule has 2 unspecified atom stereocenters. The zero-order valence-corrected chi connectivity index (χ0v) is 11.9. The molecule has 1 heterocycles. The summed E-state index contributed by atoms with van der Waals surface area (Å²) >= 11 is 0. The number of piperidine rings is 1. The average Bonchev–Trinajstić information content (AvgIpc) is 2.31. The molecule has 0 bridgehead atoms. The molecular weight excluding hydrogens is 212 g/mol. The fourth-order valence-electron chi connectivity index (χ4n) is 2.74. The summed E-state index contributed by atoms with van der Waals surface area (Å²) in [5.41, 5.74) is 0. The van der Waals surface area contributed by atoms with E-state index in [4.69, 9.17) is 4.74 Å². The van der Waals surface area contributed by atoms with Gasteiger partial charge in [0.2, 0.25) is 0 Å². The first kappa shape index (κ1) is 14.9. The molecule has 0 saturated carbocycles. The maximum Gasteiger partial charge on any atom is 0.0500 e. The molecule has 0 radical (unpaired) electrons. The third-order valence-corrected chi connectivity index (χ3v) is 3.45. The number of nitrogens with zero attached hydrogens (tertiary/aromatic N) is 1. The molecule has 0 aromatic carbocycles. The molecule has 3 nitrogen and oxygen atoms in total. The van der Waals surface area contributed by atoms with E-state index in [2.05, 4.69) is 24.1 Å². The zero-order valence-electron chi connectivity index (χ0n) is 11.9. The van der Waals surface area contributed by atoms with Gasteiger partial charge in [-0.25, -0.2) is 0 Å². The van der Waals surface area contributed by atoms with Crippen LogP contribution in [0.25, 0.3) is 0 Å². The van der Waals surface area contributed by atoms with Crippen LogP contribution in [0.4, 0.5) is 0 Å². The fourth-order valence-corrected chi connectivity index (χ4v) is 2.74. The molecule has 0 aliphatic carbocycles. The van der Waals surface area contributed by atoms with Crippen molar-refractivity contribution in [3.05, 3.63) is 0 Å². The standard InChI is InChI=1S/C14H30N2O/c1-4-9-16(10-13(2)12-17-3)11-14-7-5-6-8-15-14/h13-15H,4-12H2,1-3H3. The van der Waals surface area contributed by atoms with E-state index in [1.54, 1.807) is 7.11 Å². The van der Waals surface area contributed by atoms with Crippen LogP contribution in [0.3, 0.4) is 0 Å². The van der Waals surface area contributed by atoms with Gasteiger partial charge in [-0.1, -0.05) is 20.3 Å². The maximum absolute atomic E-state index is 5.23. The van der Waals surface area contributed by atoms with Gasteiger partial charge < -0.3 is 15.0 Å². The predicted octanol–water partition coefficient (Wildman–Crippen LogP) is 2.12. The van der Waals surface area contributed by atoms with Crippen LogP contribution in [-0.4, -0.2) is 50.8 Å². The number of ether oxygens (including phenoxy) is 1. The van der Waals surface area contributed by atoms with Crippen LogP contribution in [0.2, 0.25) is 0 Å². The third-order valence-electron chi connectivity index (χ3n) is 3.45. The van der Waals surface area contributed by atoms with E-state index in [1.807, 2.05) is 0 Å². The first-order valence-electron chi connectivity index (χ1n) is 7.21. The Balaban J connectivity index is 2.30. The summed E-state index contributed by atoms with van der Waals surface area (Å²) < 4.78 is 5.23. The minimum absolute atomic E-state index is 0.634. The Morgan fingerprint density at radius 1 is 1.41 bits per heavy atom. The normalized spacial score (nSPS) is 22.9. The molecule has 1 N–H and O–H groups in total. The third kappa shape index (κ3) is 6.39. The summed E-state index contributed by atoms with van der Waals surface area (Å²) in [7, 11) is 1.79. The number of methoxy groups -OCH3 is 1. The number of rotatable bonds is 8. The highest BCUT2D eigenvalue weighted by Gasteiger charge is 2.17. The molecule has 0 amide bonds. The average molecular weight is 242 g/mol. The number of hydrogen-bond acceptors (Lipinski definition) is 3. The molecule has 0 spiro atoms. The van der Waals surface area contributed by atoms with Crippen molar-refractivity contribution in [1.82, 2.24) is 10.2 Å². The Hall–Kier alpha value is -0.120. The molecule has 1 fully saturated rings. The Morgan fingerprint density at radius 3 is 2.82 bits per heavy atom. The van der Waals surface area contributed by atoms with Gasteiger partial charge in [-0.15, -0.1) is 0 Å². The van der Waals surface area contributed by atoms with E-state index in [-0.39, 0.29) is 0 Å². The topological polar surface area (TPSA) is 24.5 Å². The molecule has 17 heavy (non-hydrogen) atoms. The molecule has 1 aliphatic heterocycles. The Bertz CT molecular complexity index is 181. The van der Waals surface area contributed by atoms with Crippen molar-refractivity contribution in [2.75, 3.05) is 39.9 Å². The van der Waals surface area contributed by atoms with E-state index in [0.717, 1.165) is 6.61 Å². The highest BCUT2D eigenvalue weighted by Crippen LogP contribution is 2.10. The molecular formula is C14H30N2O. The summed E-state index contributed by atoms with van der Waals surface area (Å²) in [5.74, 6) is 0.634. The highest BCUT2D eigenvalue weighted by atomic mass is 16.5. The molecule has 3 heteroatoms. The van der Waals surface area contributed by atoms with E-state index in [0.29, 0.717) is 12.0 Å². The SMILES string of the molecule is CCCN(CC(C)COC)CC1CCCCN1. The lowest BCUT2D eigenvalue weighted by Crippen LogP contribution is -2.45. The summed E-state index contributed by atoms with van der Waals surface area (Å²) in [4.78, 5) is 2.60. The number of nitrogens with one attached hydrogen (secondary N) is 1. The number of hydrogen-bond donors (Lipinski definition) is 1. The van der Waals surface area contributed by atoms with Gasteiger partial charge in [0.1, 0.15) is 0 Å². The highest BCUT2D eigenvalue weighted by molar-refractivity contribution is 4.76.